The maximum atomic E-state index is 12.8. The van der Waals surface area contributed by atoms with Gasteiger partial charge in [0, 0.05) is 5.02 Å². The van der Waals surface area contributed by atoms with Crippen LogP contribution in [0.4, 0.5) is 4.39 Å². The maximum Gasteiger partial charge on any atom is 0.277 e. The quantitative estimate of drug-likeness (QED) is 0.678. The number of rotatable bonds is 5. The van der Waals surface area contributed by atoms with E-state index in [1.807, 2.05) is 0 Å². The van der Waals surface area contributed by atoms with Crippen molar-refractivity contribution in [1.82, 2.24) is 5.43 Å². The lowest BCUT2D eigenvalue weighted by Crippen LogP contribution is -2.25. The van der Waals surface area contributed by atoms with Gasteiger partial charge < -0.3 is 4.74 Å². The maximum absolute atomic E-state index is 12.8. The van der Waals surface area contributed by atoms with Gasteiger partial charge >= 0.3 is 0 Å². The summed E-state index contributed by atoms with van der Waals surface area (Å²) in [5, 5.41) is 4.54. The molecule has 114 valence electrons. The molecule has 0 aliphatic carbocycles. The predicted octanol–water partition coefficient (Wildman–Crippen LogP) is 3.40. The topological polar surface area (TPSA) is 50.7 Å². The number of carbonyl (C=O) groups is 1. The van der Waals surface area contributed by atoms with Crippen molar-refractivity contribution in [2.45, 2.75) is 6.92 Å². The van der Waals surface area contributed by atoms with Crippen LogP contribution in [0.3, 0.4) is 0 Å². The molecular formula is C16H14ClFN2O2. The number of carbonyl (C=O) groups excluding carboxylic acids is 1. The monoisotopic (exact) mass is 320 g/mol. The van der Waals surface area contributed by atoms with Gasteiger partial charge in [-0.2, -0.15) is 5.10 Å². The first-order chi connectivity index (χ1) is 10.5. The molecule has 6 heteroatoms. The van der Waals surface area contributed by atoms with Crippen LogP contribution in [0, 0.1) is 5.82 Å². The van der Waals surface area contributed by atoms with Gasteiger partial charge in [0.25, 0.3) is 5.91 Å². The SMILES string of the molecule is CC(=NNC(=O)COc1ccc(Cl)cc1)c1ccc(F)cc1. The second kappa shape index (κ2) is 7.56. The van der Waals surface area contributed by atoms with Gasteiger partial charge in [0.05, 0.1) is 5.71 Å². The first-order valence-corrected chi connectivity index (χ1v) is 6.90. The largest absolute Gasteiger partial charge is 0.484 e. The van der Waals surface area contributed by atoms with Gasteiger partial charge in [0.15, 0.2) is 6.61 Å². The number of halogens is 2. The van der Waals surface area contributed by atoms with Crippen molar-refractivity contribution in [3.63, 3.8) is 0 Å². The molecule has 2 aromatic carbocycles. The number of hydrazone groups is 1. The molecule has 0 aliphatic rings. The number of hydrogen-bond donors (Lipinski definition) is 1. The van der Waals surface area contributed by atoms with Crippen LogP contribution in [0.2, 0.25) is 5.02 Å². The minimum atomic E-state index is -0.392. The molecule has 0 saturated heterocycles. The molecule has 1 N–H and O–H groups in total. The molecule has 0 aliphatic heterocycles. The van der Waals surface area contributed by atoms with E-state index < -0.39 is 5.91 Å². The molecule has 2 aromatic rings. The highest BCUT2D eigenvalue weighted by Gasteiger charge is 2.03. The molecular weight excluding hydrogens is 307 g/mol. The van der Waals surface area contributed by atoms with Crippen LogP contribution in [0.15, 0.2) is 53.6 Å². The predicted molar refractivity (Wildman–Crippen MR) is 83.7 cm³/mol. The van der Waals surface area contributed by atoms with Crippen molar-refractivity contribution in [2.75, 3.05) is 6.61 Å². The minimum absolute atomic E-state index is 0.165. The molecule has 0 aromatic heterocycles. The van der Waals surface area contributed by atoms with Crippen LogP contribution in [0.1, 0.15) is 12.5 Å². The molecule has 0 saturated carbocycles. The Morgan fingerprint density at radius 1 is 1.18 bits per heavy atom. The van der Waals surface area contributed by atoms with E-state index in [-0.39, 0.29) is 12.4 Å². The van der Waals surface area contributed by atoms with Gasteiger partial charge in [-0.25, -0.2) is 9.82 Å². The van der Waals surface area contributed by atoms with E-state index >= 15 is 0 Å². The third-order valence-corrected chi connectivity index (χ3v) is 3.05. The lowest BCUT2D eigenvalue weighted by Gasteiger charge is -2.06. The summed E-state index contributed by atoms with van der Waals surface area (Å²) in [6.45, 7) is 1.55. The van der Waals surface area contributed by atoms with Crippen LogP contribution in [0.5, 0.6) is 5.75 Å². The zero-order valence-corrected chi connectivity index (χ0v) is 12.6. The lowest BCUT2D eigenvalue weighted by atomic mass is 10.1. The highest BCUT2D eigenvalue weighted by Crippen LogP contribution is 2.15. The van der Waals surface area contributed by atoms with Crippen molar-refractivity contribution in [1.29, 1.82) is 0 Å². The molecule has 0 heterocycles. The molecule has 0 unspecified atom stereocenters. The Morgan fingerprint density at radius 2 is 1.82 bits per heavy atom. The van der Waals surface area contributed by atoms with Crippen molar-refractivity contribution in [3.8, 4) is 5.75 Å². The average Bonchev–Trinajstić information content (AvgIpc) is 2.52. The minimum Gasteiger partial charge on any atom is -0.484 e. The molecule has 4 nitrogen and oxygen atoms in total. The summed E-state index contributed by atoms with van der Waals surface area (Å²) >= 11 is 5.75. The second-order valence-corrected chi connectivity index (χ2v) is 4.92. The van der Waals surface area contributed by atoms with Crippen molar-refractivity contribution < 1.29 is 13.9 Å². The van der Waals surface area contributed by atoms with E-state index in [1.165, 1.54) is 12.1 Å². The summed E-state index contributed by atoms with van der Waals surface area (Å²) in [5.74, 6) is -0.174. The zero-order chi connectivity index (χ0) is 15.9. The third-order valence-electron chi connectivity index (χ3n) is 2.79. The van der Waals surface area contributed by atoms with Gasteiger partial charge in [-0.05, 0) is 48.9 Å². The van der Waals surface area contributed by atoms with E-state index in [2.05, 4.69) is 10.5 Å². The van der Waals surface area contributed by atoms with Gasteiger partial charge in [-0.1, -0.05) is 23.7 Å². The fourth-order valence-electron chi connectivity index (χ4n) is 1.61. The van der Waals surface area contributed by atoms with E-state index in [1.54, 1.807) is 43.3 Å². The smallest absolute Gasteiger partial charge is 0.277 e. The van der Waals surface area contributed by atoms with Gasteiger partial charge in [-0.15, -0.1) is 0 Å². The lowest BCUT2D eigenvalue weighted by molar-refractivity contribution is -0.123. The summed E-state index contributed by atoms with van der Waals surface area (Å²) < 4.78 is 18.1. The normalized spacial score (nSPS) is 11.1. The molecule has 0 fully saturated rings. The van der Waals surface area contributed by atoms with Crippen molar-refractivity contribution in [2.24, 2.45) is 5.10 Å². The molecule has 2 rings (SSSR count). The Hall–Kier alpha value is -2.40. The summed E-state index contributed by atoms with van der Waals surface area (Å²) in [6, 6.07) is 12.5. The zero-order valence-electron chi connectivity index (χ0n) is 11.8. The fourth-order valence-corrected chi connectivity index (χ4v) is 1.74. The number of hydrogen-bond acceptors (Lipinski definition) is 3. The summed E-state index contributed by atoms with van der Waals surface area (Å²) in [7, 11) is 0. The number of ether oxygens (including phenoxy) is 1. The molecule has 1 amide bonds. The summed E-state index contributed by atoms with van der Waals surface area (Å²) in [5.41, 5.74) is 3.67. The molecule has 0 bridgehead atoms. The van der Waals surface area contributed by atoms with E-state index in [4.69, 9.17) is 16.3 Å². The highest BCUT2D eigenvalue weighted by molar-refractivity contribution is 6.30. The Kier molecular flexibility index (Phi) is 5.49. The van der Waals surface area contributed by atoms with Gasteiger partial charge in [0.2, 0.25) is 0 Å². The van der Waals surface area contributed by atoms with Crippen molar-refractivity contribution >= 4 is 23.2 Å². The van der Waals surface area contributed by atoms with Crippen LogP contribution in [0.25, 0.3) is 0 Å². The number of amides is 1. The first kappa shape index (κ1) is 16.0. The molecule has 0 spiro atoms. The van der Waals surface area contributed by atoms with Gasteiger partial charge in [-0.3, -0.25) is 4.79 Å². The Bertz CT molecular complexity index is 670. The van der Waals surface area contributed by atoms with Crippen LogP contribution in [-0.4, -0.2) is 18.2 Å². The Balaban J connectivity index is 1.85. The molecule has 0 atom stereocenters. The number of nitrogens with one attached hydrogen (secondary N) is 1. The van der Waals surface area contributed by atoms with Crippen LogP contribution < -0.4 is 10.2 Å². The second-order valence-electron chi connectivity index (χ2n) is 4.48. The van der Waals surface area contributed by atoms with Crippen molar-refractivity contribution in [3.05, 3.63) is 64.9 Å². The number of benzene rings is 2. The first-order valence-electron chi connectivity index (χ1n) is 6.52. The molecule has 22 heavy (non-hydrogen) atoms. The summed E-state index contributed by atoms with van der Waals surface area (Å²) in [6.07, 6.45) is 0. The van der Waals surface area contributed by atoms with E-state index in [9.17, 15) is 9.18 Å². The van der Waals surface area contributed by atoms with Crippen LogP contribution in [-0.2, 0) is 4.79 Å². The van der Waals surface area contributed by atoms with Crippen LogP contribution >= 0.6 is 11.6 Å². The Morgan fingerprint density at radius 3 is 2.45 bits per heavy atom. The Labute approximate surface area is 132 Å². The fraction of sp³-hybridized carbons (Fsp3) is 0.125. The molecule has 0 radical (unpaired) electrons. The number of nitrogens with zero attached hydrogens (tertiary/aromatic N) is 1. The third kappa shape index (κ3) is 4.86. The summed E-state index contributed by atoms with van der Waals surface area (Å²) in [4.78, 5) is 11.6. The van der Waals surface area contributed by atoms with E-state index in [0.29, 0.717) is 16.5 Å². The van der Waals surface area contributed by atoms with Gasteiger partial charge in [0.1, 0.15) is 11.6 Å². The average molecular weight is 321 g/mol. The standard InChI is InChI=1S/C16H14ClFN2O2/c1-11(12-2-6-14(18)7-3-12)19-20-16(21)10-22-15-8-4-13(17)5-9-15/h2-9H,10H2,1H3,(H,20,21). The highest BCUT2D eigenvalue weighted by atomic mass is 35.5. The van der Waals surface area contributed by atoms with E-state index in [0.717, 1.165) is 5.56 Å².